The van der Waals surface area contributed by atoms with Gasteiger partial charge in [-0.15, -0.1) is 0 Å². The number of fused-ring (bicyclic) bond motifs is 8. The monoisotopic (exact) mass is 2040 g/mol. The van der Waals surface area contributed by atoms with Gasteiger partial charge in [0.1, 0.15) is 5.78 Å². The van der Waals surface area contributed by atoms with Crippen molar-refractivity contribution in [3.05, 3.63) is 236 Å². The SMILES string of the molecule is Nc1ccc2c(c1)Sc1cccc(-c3cc(N4CCOCC4)cc(=O)[nH]3)c1S2.O=C1CCC(Nc2ccc3c(c2)Sc2cccc(-c4cc(N5CCOCC5)cc(=O)[nH]4)c2S3)CC1.O=c1cc(N2CCOCC2)cc(-c2cccc3c2Sc2ccc(NC4CCC(N5CCOCC5)CC4)cc2S3)[nH]1.O=c1cc(N2CCOCC2)cc(-c2cccc3c2Sc2ccc(NC4CCC5(CC4)OCCO5)cc2S3)[nH]1. The average molecular weight is 2040 g/mol. The number of H-pyrrole nitrogens is 4. The Hall–Kier alpha value is -9.89. The van der Waals surface area contributed by atoms with Crippen molar-refractivity contribution in [1.82, 2.24) is 24.8 Å². The van der Waals surface area contributed by atoms with Gasteiger partial charge in [0, 0.05) is 286 Å². The van der Waals surface area contributed by atoms with Gasteiger partial charge in [0.25, 0.3) is 0 Å². The molecule has 0 bridgehead atoms. The lowest BCUT2D eigenvalue weighted by molar-refractivity contribution is -0.177. The smallest absolute Gasteiger partial charge is 0.250 e. The zero-order chi connectivity index (χ0) is 95.3. The van der Waals surface area contributed by atoms with Crippen molar-refractivity contribution in [1.29, 1.82) is 0 Å². The maximum Gasteiger partial charge on any atom is 0.250 e. The molecule has 3 saturated carbocycles. The summed E-state index contributed by atoms with van der Waals surface area (Å²) in [5.41, 5.74) is 21.3. The number of nitrogen functional groups attached to an aromatic ring is 1. The Morgan fingerprint density at radius 2 is 0.589 bits per heavy atom. The standard InChI is InChI=1S/C31H36N4O3S2.C29H31N3O4S2.C27H27N3O3S2.C21H19N3O2S2/c36-30-20-24(35-12-16-38-17-13-35)19-26(33-30)25-2-1-3-28-31(25)40-27-9-6-22(18-29(27)39-28)32-21-4-7-23(8-5-21)34-10-14-37-15-11-34;33-27-18-21(32-10-12-34-13-11-32)17-23(31-27)22-2-1-3-25-28(22)38-24-5-4-20(16-26(24)37-25)30-19-6-8-29(9-7-19)35-14-15-36-29;31-20-7-4-17(5-8-20)28-18-6-9-23-25(14-18)34-24-3-1-2-21(27(24)35-23)22-15-19(16-26(32)29-22)30-10-12-33-13-11-30;22-13-4-5-17-19(10-13)27-18-3-1-2-15(21(18)28-17)16-11-14(12-20(25)23-16)24-6-8-26-9-7-24/h1-3,6,9,18-21,23,32H,4-5,7-8,10-17H2,(H,33,36);1-5,16-19,30H,6-15H2,(H,31,33);1-3,6,9,14-17,28H,4-5,7-8,10-13H2,(H,29,32);1-5,10-12H,6-9,22H2,(H,23,25). The molecule has 9 N–H and O–H groups in total. The molecule has 1 spiro atoms. The number of rotatable bonds is 15. The zero-order valence-electron chi connectivity index (χ0n) is 78.3. The molecule has 25 nitrogen and oxygen atoms in total. The fraction of sp³-hybridized carbons (Fsp3) is 0.361. The molecule has 0 unspecified atom stereocenters. The predicted octanol–water partition coefficient (Wildman–Crippen LogP) is 20.6. The summed E-state index contributed by atoms with van der Waals surface area (Å²) in [7, 11) is 0. The lowest BCUT2D eigenvalue weighted by Gasteiger charge is -2.39. The maximum absolute atomic E-state index is 12.7. The Labute approximate surface area is 853 Å². The molecule has 0 radical (unpaired) electrons. The molecule has 3 aliphatic carbocycles. The first-order valence-electron chi connectivity index (χ1n) is 49.1. The molecule has 0 amide bonds. The molecule has 12 aromatic rings. The number of nitrogens with zero attached hydrogens (tertiary/aromatic N) is 5. The Bertz CT molecular complexity index is 6840. The number of carbonyl (C=O) groups excluding carboxylic acids is 1. The fourth-order valence-electron chi connectivity index (χ4n) is 20.6. The molecule has 730 valence electrons. The lowest BCUT2D eigenvalue weighted by atomic mass is 9.90. The molecule has 4 aromatic heterocycles. The number of ketones is 1. The summed E-state index contributed by atoms with van der Waals surface area (Å²) < 4.78 is 39.2. The Kier molecular flexibility index (Phi) is 29.9. The third-order valence-electron chi connectivity index (χ3n) is 27.9. The van der Waals surface area contributed by atoms with Crippen LogP contribution in [0.25, 0.3) is 45.0 Å². The van der Waals surface area contributed by atoms with Gasteiger partial charge in [0.05, 0.1) is 102 Å². The summed E-state index contributed by atoms with van der Waals surface area (Å²) in [5, 5.41) is 11.2. The Morgan fingerprint density at radius 1 is 0.291 bits per heavy atom. The Morgan fingerprint density at radius 3 is 0.922 bits per heavy atom. The minimum Gasteiger partial charge on any atom is -0.399 e. The fourth-order valence-corrected chi connectivity index (χ4v) is 30.2. The third-order valence-corrected chi connectivity index (χ3v) is 38.3. The molecule has 8 aromatic carbocycles. The minimum absolute atomic E-state index is 0.0693. The lowest BCUT2D eigenvalue weighted by Crippen LogP contribution is -2.46. The van der Waals surface area contributed by atoms with E-state index in [9.17, 15) is 24.0 Å². The van der Waals surface area contributed by atoms with Crippen molar-refractivity contribution >= 4 is 145 Å². The number of anilines is 8. The largest absolute Gasteiger partial charge is 0.399 e. The first kappa shape index (κ1) is 95.9. The second-order valence-electron chi connectivity index (χ2n) is 37.2. The van der Waals surface area contributed by atoms with E-state index in [-0.39, 0.29) is 28.0 Å². The van der Waals surface area contributed by atoms with E-state index in [2.05, 4.69) is 212 Å². The van der Waals surface area contributed by atoms with Crippen LogP contribution in [-0.4, -0.2) is 205 Å². The number of Topliss-reactive ketones (excluding diaryl/α,β-unsaturated/α-hetero) is 1. The van der Waals surface area contributed by atoms with Crippen molar-refractivity contribution in [2.45, 2.75) is 185 Å². The van der Waals surface area contributed by atoms with Gasteiger partial charge in [0.2, 0.25) is 22.2 Å². The van der Waals surface area contributed by atoms with E-state index in [1.54, 1.807) is 107 Å². The van der Waals surface area contributed by atoms with E-state index < -0.39 is 0 Å². The number of morpholine rings is 5. The highest BCUT2D eigenvalue weighted by molar-refractivity contribution is 8.06. The normalized spacial score (nSPS) is 19.9. The molecule has 9 fully saturated rings. The van der Waals surface area contributed by atoms with Crippen LogP contribution in [0.5, 0.6) is 0 Å². The second kappa shape index (κ2) is 44.0. The van der Waals surface area contributed by atoms with Gasteiger partial charge in [-0.05, 0) is 173 Å². The number of pyridine rings is 4. The summed E-state index contributed by atoms with van der Waals surface area (Å²) in [4.78, 5) is 105. The van der Waals surface area contributed by atoms with Crippen molar-refractivity contribution in [3.63, 3.8) is 0 Å². The summed E-state index contributed by atoms with van der Waals surface area (Å²) in [6.07, 6.45) is 12.1. The van der Waals surface area contributed by atoms with E-state index in [1.165, 1.54) is 110 Å². The van der Waals surface area contributed by atoms with E-state index in [0.29, 0.717) is 95.6 Å². The van der Waals surface area contributed by atoms with Crippen LogP contribution in [-0.2, 0) is 38.0 Å². The van der Waals surface area contributed by atoms with E-state index >= 15 is 0 Å². The molecule has 33 heteroatoms. The zero-order valence-corrected chi connectivity index (χ0v) is 84.8. The molecular formula is C108H113N13O12S8. The van der Waals surface area contributed by atoms with E-state index in [0.717, 1.165) is 215 Å². The minimum atomic E-state index is -0.325. The van der Waals surface area contributed by atoms with Gasteiger partial charge in [-0.1, -0.05) is 143 Å². The van der Waals surface area contributed by atoms with Crippen LogP contribution in [0, 0.1) is 0 Å². The second-order valence-corrected chi connectivity index (χ2v) is 45.7. The van der Waals surface area contributed by atoms with Crippen molar-refractivity contribution in [3.8, 4) is 45.0 Å². The molecule has 25 rings (SSSR count). The number of carbonyl (C=O) groups is 1. The van der Waals surface area contributed by atoms with Gasteiger partial charge < -0.3 is 94.4 Å². The van der Waals surface area contributed by atoms with Crippen LogP contribution in [0.15, 0.2) is 292 Å². The molecule has 14 heterocycles. The summed E-state index contributed by atoms with van der Waals surface area (Å²) >= 11 is 14.2. The topological polar surface area (TPSA) is 291 Å². The van der Waals surface area contributed by atoms with Gasteiger partial charge >= 0.3 is 0 Å². The number of aromatic amines is 4. The Balaban J connectivity index is 0.000000109. The van der Waals surface area contributed by atoms with Crippen LogP contribution in [0.4, 0.5) is 45.5 Å². The first-order chi connectivity index (χ1) is 69.1. The van der Waals surface area contributed by atoms with Crippen molar-refractivity contribution in [2.75, 3.05) is 186 Å². The number of hydrogen-bond donors (Lipinski definition) is 8. The number of ether oxygens (including phenoxy) is 7. The van der Waals surface area contributed by atoms with Gasteiger partial charge in [-0.25, -0.2) is 0 Å². The molecule has 13 aliphatic rings. The molecule has 0 atom stereocenters. The number of nitrogens with one attached hydrogen (secondary N) is 7. The highest BCUT2D eigenvalue weighted by atomic mass is 32.2. The van der Waals surface area contributed by atoms with Gasteiger partial charge in [-0.2, -0.15) is 0 Å². The summed E-state index contributed by atoms with van der Waals surface area (Å²) in [6.45, 7) is 17.3. The average Bonchev–Trinajstić information content (AvgIpc) is 1.17. The van der Waals surface area contributed by atoms with Crippen LogP contribution in [0.1, 0.15) is 77.0 Å². The van der Waals surface area contributed by atoms with Gasteiger partial charge in [-0.3, -0.25) is 28.9 Å². The molecule has 6 saturated heterocycles. The first-order valence-corrected chi connectivity index (χ1v) is 55.6. The number of nitrogens with two attached hydrogens (primary N) is 1. The molecule has 141 heavy (non-hydrogen) atoms. The van der Waals surface area contributed by atoms with E-state index in [1.807, 2.05) is 30.0 Å². The van der Waals surface area contributed by atoms with Gasteiger partial charge in [0.15, 0.2) is 5.79 Å². The predicted molar refractivity (Wildman–Crippen MR) is 569 cm³/mol. The highest BCUT2D eigenvalue weighted by Gasteiger charge is 2.41. The molecular weight excluding hydrogens is 1930 g/mol. The number of benzene rings is 8. The quantitative estimate of drug-likeness (QED) is 0.0443. The highest BCUT2D eigenvalue weighted by Crippen LogP contribution is 2.58. The van der Waals surface area contributed by atoms with Crippen LogP contribution < -0.4 is 63.5 Å². The van der Waals surface area contributed by atoms with Crippen LogP contribution in [0.2, 0.25) is 0 Å². The third kappa shape index (κ3) is 22.6. The number of aromatic nitrogens is 4. The molecule has 10 aliphatic heterocycles. The van der Waals surface area contributed by atoms with Crippen molar-refractivity contribution in [2.24, 2.45) is 0 Å². The maximum atomic E-state index is 12.7. The van der Waals surface area contributed by atoms with Crippen molar-refractivity contribution < 1.29 is 38.0 Å². The van der Waals surface area contributed by atoms with Crippen LogP contribution >= 0.6 is 94.1 Å². The van der Waals surface area contributed by atoms with Crippen LogP contribution in [0.3, 0.4) is 0 Å². The summed E-state index contributed by atoms with van der Waals surface area (Å²) in [6, 6.07) is 68.5. The summed E-state index contributed by atoms with van der Waals surface area (Å²) in [5.74, 6) is 0.0539. The van der Waals surface area contributed by atoms with E-state index in [4.69, 9.17) is 38.9 Å². The number of hydrogen-bond acceptors (Lipinski definition) is 29.